The van der Waals surface area contributed by atoms with E-state index in [9.17, 15) is 0 Å². The van der Waals surface area contributed by atoms with Gasteiger partial charge in [0.05, 0.1) is 44.5 Å². The molecular formula is C66H42N6Si. The van der Waals surface area contributed by atoms with Gasteiger partial charge in [-0.1, -0.05) is 194 Å². The zero-order valence-corrected chi connectivity index (χ0v) is 40.4. The Morgan fingerprint density at radius 1 is 0.247 bits per heavy atom. The SMILES string of the molecule is c1ccc([Si](c2ccccc2)(c2cccc(-c3cc(-c4cccc5cccnc45)nc4c3ccc3cccnc34)c2)c2cccc(-c3cc(-c4cccc5cccnc45)nc4c3ccc3cccnc34)c2)cc1. The van der Waals surface area contributed by atoms with Gasteiger partial charge in [-0.2, -0.15) is 0 Å². The van der Waals surface area contributed by atoms with Gasteiger partial charge in [0.2, 0.25) is 0 Å². The van der Waals surface area contributed by atoms with Crippen LogP contribution < -0.4 is 20.7 Å². The summed E-state index contributed by atoms with van der Waals surface area (Å²) in [5.41, 5.74) is 13.3. The first-order valence-electron chi connectivity index (χ1n) is 24.6. The van der Waals surface area contributed by atoms with E-state index in [-0.39, 0.29) is 0 Å². The summed E-state index contributed by atoms with van der Waals surface area (Å²) < 4.78 is 0. The molecule has 340 valence electrons. The molecule has 0 spiro atoms. The first kappa shape index (κ1) is 42.3. The van der Waals surface area contributed by atoms with Crippen LogP contribution in [0, 0.1) is 0 Å². The molecule has 0 unspecified atom stereocenters. The topological polar surface area (TPSA) is 77.3 Å². The average Bonchev–Trinajstić information content (AvgIpc) is 3.47. The zero-order chi connectivity index (χ0) is 48.3. The summed E-state index contributed by atoms with van der Waals surface area (Å²) in [4.78, 5) is 30.5. The molecule has 0 saturated carbocycles. The van der Waals surface area contributed by atoms with Gasteiger partial charge in [-0.05, 0) is 79.4 Å². The van der Waals surface area contributed by atoms with Crippen molar-refractivity contribution in [3.8, 4) is 44.8 Å². The second kappa shape index (κ2) is 17.4. The number of benzene rings is 8. The number of hydrogen-bond acceptors (Lipinski definition) is 6. The first-order valence-corrected chi connectivity index (χ1v) is 26.6. The number of hydrogen-bond donors (Lipinski definition) is 0. The van der Waals surface area contributed by atoms with Crippen LogP contribution in [-0.4, -0.2) is 38.0 Å². The largest absolute Gasteiger partial charge is 0.256 e. The lowest BCUT2D eigenvalue weighted by atomic mass is 9.96. The fourth-order valence-electron chi connectivity index (χ4n) is 11.2. The molecule has 6 aromatic heterocycles. The third-order valence-electron chi connectivity index (χ3n) is 14.5. The number of para-hydroxylation sites is 2. The molecule has 0 bridgehead atoms. The summed E-state index contributed by atoms with van der Waals surface area (Å²) in [6.07, 6.45) is 7.44. The minimum Gasteiger partial charge on any atom is -0.256 e. The van der Waals surface area contributed by atoms with Crippen molar-refractivity contribution in [1.82, 2.24) is 29.9 Å². The molecule has 0 amide bonds. The van der Waals surface area contributed by atoms with E-state index < -0.39 is 8.07 Å². The van der Waals surface area contributed by atoms with Crippen LogP contribution in [0.4, 0.5) is 0 Å². The summed E-state index contributed by atoms with van der Waals surface area (Å²) in [5, 5.41) is 11.4. The van der Waals surface area contributed by atoms with Crippen molar-refractivity contribution in [3.05, 3.63) is 255 Å². The number of aromatic nitrogens is 6. The van der Waals surface area contributed by atoms with Gasteiger partial charge in [0.15, 0.2) is 8.07 Å². The molecule has 6 nitrogen and oxygen atoms in total. The second-order valence-electron chi connectivity index (χ2n) is 18.6. The molecule has 0 aliphatic rings. The van der Waals surface area contributed by atoms with E-state index in [0.717, 1.165) is 110 Å². The normalized spacial score (nSPS) is 11.8. The van der Waals surface area contributed by atoms with E-state index in [2.05, 4.69) is 206 Å². The van der Waals surface area contributed by atoms with Gasteiger partial charge in [0, 0.05) is 68.2 Å². The van der Waals surface area contributed by atoms with Crippen LogP contribution in [-0.2, 0) is 0 Å². The molecule has 0 saturated heterocycles. The third kappa shape index (κ3) is 7.00. The highest BCUT2D eigenvalue weighted by molar-refractivity contribution is 7.20. The molecule has 0 aliphatic carbocycles. The van der Waals surface area contributed by atoms with Crippen molar-refractivity contribution in [1.29, 1.82) is 0 Å². The van der Waals surface area contributed by atoms with E-state index in [1.165, 1.54) is 20.7 Å². The van der Waals surface area contributed by atoms with Crippen molar-refractivity contribution in [2.45, 2.75) is 0 Å². The molecule has 0 atom stereocenters. The van der Waals surface area contributed by atoms with Gasteiger partial charge < -0.3 is 0 Å². The summed E-state index contributed by atoms with van der Waals surface area (Å²) in [7, 11) is -3.15. The molecule has 7 heteroatoms. The molecule has 0 fully saturated rings. The lowest BCUT2D eigenvalue weighted by molar-refractivity contribution is 1.36. The monoisotopic (exact) mass is 946 g/mol. The van der Waals surface area contributed by atoms with Gasteiger partial charge in [-0.15, -0.1) is 0 Å². The minimum atomic E-state index is -3.15. The van der Waals surface area contributed by atoms with Gasteiger partial charge in [-0.3, -0.25) is 19.9 Å². The number of pyridine rings is 6. The van der Waals surface area contributed by atoms with Crippen molar-refractivity contribution >= 4 is 94.2 Å². The van der Waals surface area contributed by atoms with Gasteiger partial charge in [0.25, 0.3) is 0 Å². The highest BCUT2D eigenvalue weighted by Gasteiger charge is 2.42. The fourth-order valence-corrected chi connectivity index (χ4v) is 16.1. The molecule has 6 heterocycles. The average molecular weight is 947 g/mol. The van der Waals surface area contributed by atoms with Crippen LogP contribution in [0.15, 0.2) is 255 Å². The second-order valence-corrected chi connectivity index (χ2v) is 22.4. The molecule has 0 radical (unpaired) electrons. The maximum Gasteiger partial charge on any atom is 0.179 e. The Kier molecular flexibility index (Phi) is 10.1. The van der Waals surface area contributed by atoms with Gasteiger partial charge >= 0.3 is 0 Å². The van der Waals surface area contributed by atoms with Crippen LogP contribution in [0.2, 0.25) is 0 Å². The summed E-state index contributed by atoms with van der Waals surface area (Å²) in [6.45, 7) is 0. The maximum absolute atomic E-state index is 5.44. The molecule has 8 aromatic carbocycles. The lowest BCUT2D eigenvalue weighted by Gasteiger charge is -2.35. The van der Waals surface area contributed by atoms with Crippen molar-refractivity contribution < 1.29 is 0 Å². The summed E-state index contributed by atoms with van der Waals surface area (Å²) >= 11 is 0. The smallest absolute Gasteiger partial charge is 0.179 e. The van der Waals surface area contributed by atoms with Crippen LogP contribution >= 0.6 is 0 Å². The maximum atomic E-state index is 5.44. The highest BCUT2D eigenvalue weighted by atomic mass is 28.3. The van der Waals surface area contributed by atoms with Gasteiger partial charge in [0.1, 0.15) is 0 Å². The third-order valence-corrected chi connectivity index (χ3v) is 19.3. The Morgan fingerprint density at radius 2 is 0.616 bits per heavy atom. The van der Waals surface area contributed by atoms with Crippen LogP contribution in [0.25, 0.3) is 110 Å². The Hall–Kier alpha value is -9.56. The molecule has 0 aliphatic heterocycles. The van der Waals surface area contributed by atoms with Crippen LogP contribution in [0.1, 0.15) is 0 Å². The Bertz CT molecular complexity index is 4170. The lowest BCUT2D eigenvalue weighted by Crippen LogP contribution is -2.74. The number of rotatable bonds is 8. The van der Waals surface area contributed by atoms with E-state index >= 15 is 0 Å². The highest BCUT2D eigenvalue weighted by Crippen LogP contribution is 2.39. The van der Waals surface area contributed by atoms with E-state index in [1.54, 1.807) is 0 Å². The number of fused-ring (bicyclic) bond motifs is 8. The van der Waals surface area contributed by atoms with E-state index in [4.69, 9.17) is 29.9 Å². The minimum absolute atomic E-state index is 0.851. The number of nitrogens with zero attached hydrogens (tertiary/aromatic N) is 6. The van der Waals surface area contributed by atoms with E-state index in [1.807, 2.05) is 49.1 Å². The van der Waals surface area contributed by atoms with Gasteiger partial charge in [-0.25, -0.2) is 9.97 Å². The summed E-state index contributed by atoms with van der Waals surface area (Å²) in [6, 6.07) is 83.2. The Morgan fingerprint density at radius 3 is 1.05 bits per heavy atom. The van der Waals surface area contributed by atoms with Crippen LogP contribution in [0.3, 0.4) is 0 Å². The van der Waals surface area contributed by atoms with E-state index in [0.29, 0.717) is 0 Å². The predicted molar refractivity (Wildman–Crippen MR) is 304 cm³/mol. The molecule has 14 aromatic rings. The fraction of sp³-hybridized carbons (Fsp3) is 0. The van der Waals surface area contributed by atoms with Crippen molar-refractivity contribution in [2.75, 3.05) is 0 Å². The van der Waals surface area contributed by atoms with Crippen molar-refractivity contribution in [2.24, 2.45) is 0 Å². The first-order chi connectivity index (χ1) is 36.2. The summed E-state index contributed by atoms with van der Waals surface area (Å²) in [5.74, 6) is 0. The quantitative estimate of drug-likeness (QED) is 0.0858. The standard InChI is InChI=1S/C66H42N6Si/c1-3-23-49(24-4-1)73(50-25-5-2-6-26-50,51-27-7-17-47(39-51)57-41-59(55-29-9-15-43-19-11-35-67-61(43)55)71-65-53(57)33-31-45-21-13-37-69-63(45)65)52-28-8-18-48(40-52)58-42-60(56-30-10-16-44-20-12-36-68-62(44)56)72-66-54(58)34-32-46-22-14-38-70-64(46)66/h1-42H. The molecule has 73 heavy (non-hydrogen) atoms. The molecular weight excluding hydrogens is 905 g/mol. The predicted octanol–water partition coefficient (Wildman–Crippen LogP) is 13.0. The molecule has 14 rings (SSSR count). The zero-order valence-electron chi connectivity index (χ0n) is 39.4. The Labute approximate surface area is 422 Å². The Balaban J connectivity index is 1.03. The van der Waals surface area contributed by atoms with Crippen LogP contribution in [0.5, 0.6) is 0 Å². The molecule has 0 N–H and O–H groups in total. The van der Waals surface area contributed by atoms with Crippen molar-refractivity contribution in [3.63, 3.8) is 0 Å².